The second-order valence-corrected chi connectivity index (χ2v) is 27.4. The van der Waals surface area contributed by atoms with Crippen LogP contribution < -0.4 is 157 Å². The number of nitrogens with two attached hydrogens (primary N) is 6. The van der Waals surface area contributed by atoms with Gasteiger partial charge in [-0.05, 0) is 103 Å². The van der Waals surface area contributed by atoms with Crippen molar-refractivity contribution >= 4 is 195 Å². The van der Waals surface area contributed by atoms with Crippen molar-refractivity contribution in [2.75, 3.05) is 34.4 Å². The van der Waals surface area contributed by atoms with E-state index in [0.717, 1.165) is 148 Å². The maximum Gasteiger partial charge on any atom is 0.239 e. The number of fused-ring (bicyclic) bond motifs is 21. The van der Waals surface area contributed by atoms with Gasteiger partial charge in [0.05, 0.1) is 82.9 Å². The number of para-hydroxylation sites is 4. The Balaban J connectivity index is 0.000000167. The van der Waals surface area contributed by atoms with Crippen LogP contribution in [0.4, 0.5) is 34.1 Å². The van der Waals surface area contributed by atoms with Gasteiger partial charge in [0.25, 0.3) is 0 Å². The summed E-state index contributed by atoms with van der Waals surface area (Å²) in [6.07, 6.45) is 14.1. The van der Waals surface area contributed by atoms with Crippen LogP contribution in [0.15, 0.2) is 359 Å². The number of anilines is 6. The van der Waals surface area contributed by atoms with Crippen molar-refractivity contribution in [3.05, 3.63) is 379 Å². The molecule has 25 heteroatoms. The molecule has 0 aliphatic rings. The molecule has 14 heterocycles. The van der Waals surface area contributed by atoms with E-state index in [1.807, 2.05) is 321 Å². The first-order valence-electron chi connectivity index (χ1n) is 34.9. The van der Waals surface area contributed by atoms with Crippen LogP contribution in [0.2, 0.25) is 20.1 Å². The first kappa shape index (κ1) is 90.3. The van der Waals surface area contributed by atoms with Gasteiger partial charge in [0, 0.05) is 168 Å². The maximum absolute atomic E-state index is 9.86. The fraction of sp³-hybridized carbons (Fsp3) is 0. The number of nitrogens with zero attached hydrogens (tertiary/aromatic N) is 7. The second-order valence-electron chi connectivity index (χ2n) is 25.7. The minimum absolute atomic E-state index is 0. The van der Waals surface area contributed by atoms with E-state index >= 15 is 0 Å². The number of hydrogen-bond acceptors (Lipinski definition) is 7. The normalized spacial score (nSPS) is 10.3. The molecular weight excluding hydrogens is 1730 g/mol. The van der Waals surface area contributed by atoms with Gasteiger partial charge in [-0.25, -0.2) is 0 Å². The Bertz CT molecular complexity index is 6780. The van der Waals surface area contributed by atoms with Gasteiger partial charge in [-0.3, -0.25) is 0 Å². The van der Waals surface area contributed by atoms with Gasteiger partial charge in [-0.2, -0.15) is 30.8 Å². The van der Waals surface area contributed by atoms with E-state index in [9.17, 15) is 5.11 Å². The molecule has 0 aliphatic carbocycles. The SMILES string of the molecule is Nc1cc2cccc[n+]2c2c(Cl)cccc12.Nc1cc2cccc[n+]2c2cc(Cl)ccc12.Nc1cc2cccc[n+]2c2ccc(Cl)cc12.Nc1cc2cccc[n+]2c2cccc(Cl)c12.Nc1cc2cccc[n+]2c2ccccc12.Nc1cc2cccc[n+]2c2ccccc12.Oc1cc2cccc[n+]2c2ccccc12.[Br-].[Cl-].[Cl-].[Cl-].[Cl-].[Cl-].[Cl-]. The van der Waals surface area contributed by atoms with Crippen molar-refractivity contribution in [1.29, 1.82) is 0 Å². The summed E-state index contributed by atoms with van der Waals surface area (Å²) in [7, 11) is 0. The fourth-order valence-corrected chi connectivity index (χ4v) is 14.7. The van der Waals surface area contributed by atoms with E-state index < -0.39 is 0 Å². The van der Waals surface area contributed by atoms with Gasteiger partial charge in [-0.15, -0.1) is 0 Å². The Morgan fingerprint density at radius 1 is 0.216 bits per heavy atom. The molecule has 116 heavy (non-hydrogen) atoms. The molecule has 0 saturated carbocycles. The van der Waals surface area contributed by atoms with E-state index in [0.29, 0.717) is 26.5 Å². The van der Waals surface area contributed by atoms with Crippen LogP contribution in [0.3, 0.4) is 0 Å². The van der Waals surface area contributed by atoms with Crippen molar-refractivity contribution in [2.24, 2.45) is 0 Å². The van der Waals surface area contributed by atoms with Crippen LogP contribution in [0.25, 0.3) is 115 Å². The monoisotopic (exact) mass is 1790 g/mol. The molecule has 14 nitrogen and oxygen atoms in total. The lowest BCUT2D eigenvalue weighted by atomic mass is 10.1. The molecule has 0 fully saturated rings. The highest BCUT2D eigenvalue weighted by atomic mass is 79.9. The van der Waals surface area contributed by atoms with E-state index in [-0.39, 0.29) is 91.4 Å². The lowest BCUT2D eigenvalue weighted by Crippen LogP contribution is -3.00. The zero-order valence-corrected chi connectivity index (χ0v) is 70.4. The Kier molecular flexibility index (Phi) is 31.4. The summed E-state index contributed by atoms with van der Waals surface area (Å²) in [5.41, 5.74) is 55.6. The zero-order chi connectivity index (χ0) is 75.2. The zero-order valence-electron chi connectivity index (χ0n) is 61.3. The molecule has 0 saturated heterocycles. The van der Waals surface area contributed by atoms with Gasteiger partial charge in [-0.1, -0.05) is 94.9 Å². The number of rotatable bonds is 0. The molecular formula is C91H72BrCl10N13O. The average molecular weight is 1800 g/mol. The lowest BCUT2D eigenvalue weighted by molar-refractivity contribution is -0.482. The van der Waals surface area contributed by atoms with Gasteiger partial charge >= 0.3 is 0 Å². The molecule has 21 aromatic rings. The second kappa shape index (κ2) is 40.4. The van der Waals surface area contributed by atoms with Crippen LogP contribution in [0.5, 0.6) is 5.75 Å². The summed E-state index contributed by atoms with van der Waals surface area (Å²) in [6, 6.07) is 103. The molecule has 0 bridgehead atoms. The number of halogens is 11. The molecule has 7 aromatic carbocycles. The van der Waals surface area contributed by atoms with Crippen LogP contribution in [0.1, 0.15) is 0 Å². The van der Waals surface area contributed by atoms with Crippen molar-refractivity contribution in [2.45, 2.75) is 0 Å². The standard InChI is InChI=1S/4C13H9ClN2.2C13H10N2.C13H9NO.BrH.6ClH/c14-10-5-3-6-12-13(10)11(15)8-9-4-1-2-7-16(9)12;14-11-6-3-5-10-12(15)8-9-4-1-2-7-16(9)13(10)11;14-9-4-5-13-11(7-9)12(15)8-10-3-1-2-6-16(10)13;14-9-4-5-11-12(15)8-10-3-1-2-6-16(10)13(11)7-9;2*14-12-9-10-5-3-4-8-15(10)13-7-2-1-6-11(12)13;15-13-9-10-5-3-4-8-14(10)12-7-2-1-6-11(12)13;;;;;;;/h4*1-8,15H;2*1-9,14H;1-9H;7*1H. The highest BCUT2D eigenvalue weighted by Crippen LogP contribution is 2.31. The molecule has 0 amide bonds. The summed E-state index contributed by atoms with van der Waals surface area (Å²) in [5.74, 6) is 0.330. The Hall–Kier alpha value is -11.3. The number of aromatic hydroxyl groups is 1. The minimum Gasteiger partial charge on any atom is -1.00 e. The molecule has 21 rings (SSSR count). The molecule has 13 N–H and O–H groups in total. The summed E-state index contributed by atoms with van der Waals surface area (Å²) < 4.78 is 14.7. The molecule has 0 radical (unpaired) electrons. The van der Waals surface area contributed by atoms with Crippen molar-refractivity contribution in [3.63, 3.8) is 0 Å². The van der Waals surface area contributed by atoms with Crippen LogP contribution in [0, 0.1) is 0 Å². The summed E-state index contributed by atoms with van der Waals surface area (Å²) in [6.45, 7) is 0. The summed E-state index contributed by atoms with van der Waals surface area (Å²) >= 11 is 24.4. The average Bonchev–Trinajstić information content (AvgIpc) is 0.750. The van der Waals surface area contributed by atoms with Crippen molar-refractivity contribution in [1.82, 2.24) is 0 Å². The van der Waals surface area contributed by atoms with Crippen LogP contribution in [-0.2, 0) is 0 Å². The predicted octanol–water partition coefficient (Wildman–Crippen LogP) is -3.11. The third-order valence-electron chi connectivity index (χ3n) is 18.9. The van der Waals surface area contributed by atoms with E-state index in [1.165, 1.54) is 0 Å². The number of hydrogen-bond donors (Lipinski definition) is 7. The Morgan fingerprint density at radius 2 is 0.500 bits per heavy atom. The van der Waals surface area contributed by atoms with Gasteiger partial charge < -0.3 is 131 Å². The highest BCUT2D eigenvalue weighted by Gasteiger charge is 2.19. The molecule has 14 aromatic heterocycles. The van der Waals surface area contributed by atoms with Crippen molar-refractivity contribution < 1.29 is 127 Å². The van der Waals surface area contributed by atoms with Crippen LogP contribution >= 0.6 is 46.4 Å². The highest BCUT2D eigenvalue weighted by molar-refractivity contribution is 6.36. The van der Waals surface area contributed by atoms with E-state index in [1.54, 1.807) is 6.07 Å². The largest absolute Gasteiger partial charge is 1.00 e. The summed E-state index contributed by atoms with van der Waals surface area (Å²) in [5, 5.41) is 19.6. The lowest BCUT2D eigenvalue weighted by Gasteiger charge is -2.02. The minimum atomic E-state index is 0. The third kappa shape index (κ3) is 19.0. The molecule has 584 valence electrons. The quantitative estimate of drug-likeness (QED) is 0.0615. The molecule has 0 aliphatic heterocycles. The third-order valence-corrected chi connectivity index (χ3v) is 20.0. The van der Waals surface area contributed by atoms with Crippen LogP contribution in [-0.4, -0.2) is 5.11 Å². The number of pyridine rings is 14. The topological polar surface area (TPSA) is 205 Å². The first-order valence-corrected chi connectivity index (χ1v) is 36.4. The first-order chi connectivity index (χ1) is 53.1. The van der Waals surface area contributed by atoms with Crippen molar-refractivity contribution in [3.8, 4) is 5.75 Å². The molecule has 0 atom stereocenters. The maximum atomic E-state index is 9.86. The molecule has 0 unspecified atom stereocenters. The molecule has 0 spiro atoms. The number of nitrogen functional groups attached to an aromatic ring is 6. The van der Waals surface area contributed by atoms with E-state index in [4.69, 9.17) is 80.8 Å². The summed E-state index contributed by atoms with van der Waals surface area (Å²) in [4.78, 5) is 0. The van der Waals surface area contributed by atoms with E-state index in [2.05, 4.69) is 63.1 Å². The van der Waals surface area contributed by atoms with Gasteiger partial charge in [0.2, 0.25) is 77.2 Å². The van der Waals surface area contributed by atoms with Gasteiger partial charge in [0.1, 0.15) is 10.8 Å². The number of benzene rings is 7. The Labute approximate surface area is 735 Å². The predicted molar refractivity (Wildman–Crippen MR) is 448 cm³/mol. The number of aromatic nitrogens is 7. The fourth-order valence-electron chi connectivity index (χ4n) is 13.8. The smallest absolute Gasteiger partial charge is 0.239 e. The van der Waals surface area contributed by atoms with Gasteiger partial charge in [0.15, 0.2) is 43.4 Å². The Morgan fingerprint density at radius 3 is 0.957 bits per heavy atom.